The molecule has 5 atom stereocenters. The first-order valence-corrected chi connectivity index (χ1v) is 8.78. The van der Waals surface area contributed by atoms with Gasteiger partial charge in [-0.3, -0.25) is 4.79 Å². The number of hydrogen-bond acceptors (Lipinski definition) is 8. The van der Waals surface area contributed by atoms with E-state index < -0.39 is 30.6 Å². The number of rotatable bonds is 7. The average Bonchev–Trinajstić information content (AvgIpc) is 3.28. The number of ether oxygens (including phenoxy) is 2. The standard InChI is InChI=1S/C17H24N6O5/c1-4-5-27-17-14(19-10(2)24)16(26)15(25)13(28-17)8-23-7-11(20-21-23)12-6-18-9-22(12)3/h4,6-7,9,13-17,25-26H,1,5,8H2,2-3H3,(H,19,24)/t13-,14-,15+,16-,17+/m1/s1. The van der Waals surface area contributed by atoms with Gasteiger partial charge in [0.05, 0.1) is 37.6 Å². The second kappa shape index (κ2) is 8.61. The number of imidazole rings is 1. The number of carbonyl (C=O) groups is 1. The van der Waals surface area contributed by atoms with E-state index in [9.17, 15) is 15.0 Å². The third kappa shape index (κ3) is 4.28. The molecular formula is C17H24N6O5. The lowest BCUT2D eigenvalue weighted by molar-refractivity contribution is -0.264. The van der Waals surface area contributed by atoms with Gasteiger partial charge >= 0.3 is 0 Å². The normalized spacial score (nSPS) is 27.5. The van der Waals surface area contributed by atoms with Crippen LogP contribution in [-0.4, -0.2) is 77.9 Å². The quantitative estimate of drug-likeness (QED) is 0.502. The van der Waals surface area contributed by atoms with Gasteiger partial charge in [0.1, 0.15) is 30.0 Å². The highest BCUT2D eigenvalue weighted by molar-refractivity contribution is 5.73. The third-order valence-electron chi connectivity index (χ3n) is 4.43. The van der Waals surface area contributed by atoms with Gasteiger partial charge in [0.15, 0.2) is 6.29 Å². The summed E-state index contributed by atoms with van der Waals surface area (Å²) in [6.07, 6.45) is 2.23. The van der Waals surface area contributed by atoms with Crippen LogP contribution < -0.4 is 5.32 Å². The largest absolute Gasteiger partial charge is 0.388 e. The molecule has 11 heteroatoms. The first-order valence-electron chi connectivity index (χ1n) is 8.78. The topological polar surface area (TPSA) is 137 Å². The number of aliphatic hydroxyl groups excluding tert-OH is 2. The number of aliphatic hydroxyl groups is 2. The van der Waals surface area contributed by atoms with E-state index in [1.807, 2.05) is 7.05 Å². The first-order chi connectivity index (χ1) is 13.4. The van der Waals surface area contributed by atoms with Crippen LogP contribution >= 0.6 is 0 Å². The highest BCUT2D eigenvalue weighted by atomic mass is 16.7. The molecule has 1 aliphatic heterocycles. The Morgan fingerprint density at radius 2 is 2.25 bits per heavy atom. The van der Waals surface area contributed by atoms with E-state index >= 15 is 0 Å². The van der Waals surface area contributed by atoms with Gasteiger partial charge in [-0.05, 0) is 0 Å². The van der Waals surface area contributed by atoms with Crippen molar-refractivity contribution in [2.75, 3.05) is 6.61 Å². The van der Waals surface area contributed by atoms with Crippen molar-refractivity contribution >= 4 is 5.91 Å². The maximum absolute atomic E-state index is 11.4. The van der Waals surface area contributed by atoms with E-state index in [2.05, 4.69) is 27.2 Å². The summed E-state index contributed by atoms with van der Waals surface area (Å²) in [5.74, 6) is -0.373. The van der Waals surface area contributed by atoms with E-state index in [1.54, 1.807) is 23.3 Å². The molecule has 2 aromatic rings. The molecule has 3 heterocycles. The summed E-state index contributed by atoms with van der Waals surface area (Å²) in [6.45, 7) is 5.17. The van der Waals surface area contributed by atoms with Gasteiger partial charge in [0.2, 0.25) is 5.91 Å². The Bertz CT molecular complexity index is 821. The van der Waals surface area contributed by atoms with Crippen molar-refractivity contribution in [3.63, 3.8) is 0 Å². The van der Waals surface area contributed by atoms with Crippen molar-refractivity contribution in [1.29, 1.82) is 0 Å². The van der Waals surface area contributed by atoms with Crippen molar-refractivity contribution in [1.82, 2.24) is 29.9 Å². The smallest absolute Gasteiger partial charge is 0.217 e. The number of hydrogen-bond donors (Lipinski definition) is 3. The Morgan fingerprint density at radius 1 is 1.46 bits per heavy atom. The van der Waals surface area contributed by atoms with Gasteiger partial charge in [-0.1, -0.05) is 11.3 Å². The van der Waals surface area contributed by atoms with Gasteiger partial charge in [-0.25, -0.2) is 9.67 Å². The summed E-state index contributed by atoms with van der Waals surface area (Å²) >= 11 is 0. The number of aryl methyl sites for hydroxylation is 1. The number of nitrogens with one attached hydrogen (secondary N) is 1. The van der Waals surface area contributed by atoms with Crippen LogP contribution in [-0.2, 0) is 27.9 Å². The minimum atomic E-state index is -1.28. The Labute approximate surface area is 161 Å². The van der Waals surface area contributed by atoms with Gasteiger partial charge in [-0.2, -0.15) is 0 Å². The van der Waals surface area contributed by atoms with Crippen LogP contribution in [0.15, 0.2) is 31.4 Å². The fourth-order valence-electron chi connectivity index (χ4n) is 3.07. The lowest BCUT2D eigenvalue weighted by Gasteiger charge is -2.42. The number of carbonyl (C=O) groups excluding carboxylic acids is 1. The van der Waals surface area contributed by atoms with Crippen LogP contribution in [0.2, 0.25) is 0 Å². The molecular weight excluding hydrogens is 368 g/mol. The molecule has 0 saturated carbocycles. The average molecular weight is 392 g/mol. The maximum Gasteiger partial charge on any atom is 0.217 e. The Kier molecular flexibility index (Phi) is 6.19. The minimum absolute atomic E-state index is 0.129. The van der Waals surface area contributed by atoms with E-state index in [-0.39, 0.29) is 19.1 Å². The van der Waals surface area contributed by atoms with Crippen molar-refractivity contribution < 1.29 is 24.5 Å². The zero-order valence-electron chi connectivity index (χ0n) is 15.7. The molecule has 1 amide bonds. The fourth-order valence-corrected chi connectivity index (χ4v) is 3.07. The van der Waals surface area contributed by atoms with E-state index in [0.29, 0.717) is 5.69 Å². The van der Waals surface area contributed by atoms with Crippen LogP contribution in [0.3, 0.4) is 0 Å². The first kappa shape index (κ1) is 20.1. The highest BCUT2D eigenvalue weighted by Crippen LogP contribution is 2.24. The lowest BCUT2D eigenvalue weighted by Crippen LogP contribution is -2.64. The molecule has 0 aromatic carbocycles. The van der Waals surface area contributed by atoms with Gasteiger partial charge in [0.25, 0.3) is 0 Å². The molecule has 0 aliphatic carbocycles. The molecule has 0 spiro atoms. The molecule has 2 aromatic heterocycles. The van der Waals surface area contributed by atoms with Gasteiger partial charge in [-0.15, -0.1) is 11.7 Å². The predicted molar refractivity (Wildman–Crippen MR) is 96.7 cm³/mol. The van der Waals surface area contributed by atoms with E-state index in [0.717, 1.165) is 5.69 Å². The molecule has 0 unspecified atom stereocenters. The van der Waals surface area contributed by atoms with Crippen molar-refractivity contribution in [3.05, 3.63) is 31.4 Å². The summed E-state index contributed by atoms with van der Waals surface area (Å²) < 4.78 is 14.7. The van der Waals surface area contributed by atoms with Gasteiger partial charge in [0, 0.05) is 14.0 Å². The predicted octanol–water partition coefficient (Wildman–Crippen LogP) is -1.17. The molecule has 1 aliphatic rings. The minimum Gasteiger partial charge on any atom is -0.388 e. The van der Waals surface area contributed by atoms with Crippen LogP contribution in [0.5, 0.6) is 0 Å². The summed E-state index contributed by atoms with van der Waals surface area (Å²) in [4.78, 5) is 15.5. The van der Waals surface area contributed by atoms with Crippen LogP contribution in [0.1, 0.15) is 6.92 Å². The molecule has 3 rings (SSSR count). The van der Waals surface area contributed by atoms with Crippen molar-refractivity contribution in [2.45, 2.75) is 44.1 Å². The summed E-state index contributed by atoms with van der Waals surface area (Å²) in [7, 11) is 1.84. The Balaban J connectivity index is 1.74. The number of nitrogens with zero attached hydrogens (tertiary/aromatic N) is 5. The Morgan fingerprint density at radius 3 is 2.89 bits per heavy atom. The molecule has 1 saturated heterocycles. The number of aromatic nitrogens is 5. The fraction of sp³-hybridized carbons (Fsp3) is 0.529. The van der Waals surface area contributed by atoms with Crippen molar-refractivity contribution in [2.24, 2.45) is 7.05 Å². The molecule has 0 bridgehead atoms. The molecule has 11 nitrogen and oxygen atoms in total. The van der Waals surface area contributed by atoms with Crippen molar-refractivity contribution in [3.8, 4) is 11.4 Å². The molecule has 28 heavy (non-hydrogen) atoms. The molecule has 1 fully saturated rings. The monoisotopic (exact) mass is 392 g/mol. The lowest BCUT2D eigenvalue weighted by atomic mass is 9.96. The zero-order valence-corrected chi connectivity index (χ0v) is 15.7. The third-order valence-corrected chi connectivity index (χ3v) is 4.43. The van der Waals surface area contributed by atoms with Crippen LogP contribution in [0.4, 0.5) is 0 Å². The highest BCUT2D eigenvalue weighted by Gasteiger charge is 2.45. The SMILES string of the molecule is C=CCO[C@H]1O[C@H](Cn2cc(-c3cncn3C)nn2)[C@H](O)[C@H](O)[C@H]1NC(C)=O. The van der Waals surface area contributed by atoms with Gasteiger partial charge < -0.3 is 29.6 Å². The second-order valence-corrected chi connectivity index (χ2v) is 6.59. The van der Waals surface area contributed by atoms with Crippen LogP contribution in [0.25, 0.3) is 11.4 Å². The zero-order chi connectivity index (χ0) is 20.3. The molecule has 152 valence electrons. The maximum atomic E-state index is 11.4. The molecule has 3 N–H and O–H groups in total. The summed E-state index contributed by atoms with van der Waals surface area (Å²) in [5.41, 5.74) is 1.40. The summed E-state index contributed by atoms with van der Waals surface area (Å²) in [6, 6.07) is -0.913. The van der Waals surface area contributed by atoms with E-state index in [4.69, 9.17) is 9.47 Å². The van der Waals surface area contributed by atoms with Crippen LogP contribution in [0, 0.1) is 0 Å². The van der Waals surface area contributed by atoms with E-state index in [1.165, 1.54) is 17.7 Å². The summed E-state index contributed by atoms with van der Waals surface area (Å²) in [5, 5.41) is 31.7. The number of amides is 1. The Hall–Kier alpha value is -2.60. The second-order valence-electron chi connectivity index (χ2n) is 6.59. The molecule has 0 radical (unpaired) electrons.